The van der Waals surface area contributed by atoms with Crippen LogP contribution in [0.1, 0.15) is 54.6 Å². The van der Waals surface area contributed by atoms with Gasteiger partial charge in [-0.05, 0) is 37.5 Å². The van der Waals surface area contributed by atoms with Crippen LogP contribution in [0.25, 0.3) is 11.0 Å². The highest BCUT2D eigenvalue weighted by Gasteiger charge is 2.30. The first-order chi connectivity index (χ1) is 13.8. The third kappa shape index (κ3) is 3.53. The van der Waals surface area contributed by atoms with Gasteiger partial charge >= 0.3 is 6.18 Å². The third-order valence-electron chi connectivity index (χ3n) is 5.12. The lowest BCUT2D eigenvalue weighted by Crippen LogP contribution is -2.17. The number of fused-ring (bicyclic) bond motifs is 1. The Bertz CT molecular complexity index is 1080. The Kier molecular flexibility index (Phi) is 4.91. The predicted octanol–water partition coefficient (Wildman–Crippen LogP) is 3.09. The van der Waals surface area contributed by atoms with Crippen molar-refractivity contribution in [1.82, 2.24) is 19.7 Å². The van der Waals surface area contributed by atoms with E-state index in [9.17, 15) is 23.1 Å². The van der Waals surface area contributed by atoms with E-state index >= 15 is 0 Å². The van der Waals surface area contributed by atoms with Crippen LogP contribution in [0, 0.1) is 0 Å². The Morgan fingerprint density at radius 2 is 2.07 bits per heavy atom. The van der Waals surface area contributed by atoms with Crippen LogP contribution in [0.4, 0.5) is 13.2 Å². The molecule has 0 unspecified atom stereocenters. The highest BCUT2D eigenvalue weighted by molar-refractivity contribution is 5.77. The van der Waals surface area contributed by atoms with Gasteiger partial charge in [0.2, 0.25) is 0 Å². The first-order valence-corrected chi connectivity index (χ1v) is 9.20. The van der Waals surface area contributed by atoms with E-state index in [1.165, 1.54) is 16.8 Å². The quantitative estimate of drug-likeness (QED) is 0.692. The molecule has 0 spiro atoms. The van der Waals surface area contributed by atoms with Crippen molar-refractivity contribution in [2.75, 3.05) is 6.61 Å². The number of rotatable bonds is 4. The van der Waals surface area contributed by atoms with Crippen LogP contribution in [0.3, 0.4) is 0 Å². The maximum atomic E-state index is 12.8. The molecular weight excluding hydrogens is 389 g/mol. The van der Waals surface area contributed by atoms with Gasteiger partial charge in [0.1, 0.15) is 23.0 Å². The summed E-state index contributed by atoms with van der Waals surface area (Å²) >= 11 is 0. The molecule has 4 rings (SSSR count). The maximum Gasteiger partial charge on any atom is 0.416 e. The standard InChI is InChI=1S/C19H19F3N4O3/c1-10(11-4-6-12(7-5-11)19(20,21)22)26-17-15(13(9-27)25-26)18(28)24-16(23-17)14-3-2-8-29-14/h4-7,10,14,27H,2-3,8-9H2,1H3,(H,23,24,28)/t10-,14-/m0/s1. The summed E-state index contributed by atoms with van der Waals surface area (Å²) in [6, 6.07) is 4.23. The lowest BCUT2D eigenvalue weighted by atomic mass is 10.1. The monoisotopic (exact) mass is 408 g/mol. The number of halogens is 3. The van der Waals surface area contributed by atoms with Crippen molar-refractivity contribution in [2.45, 2.75) is 44.7 Å². The van der Waals surface area contributed by atoms with Crippen LogP contribution in [-0.2, 0) is 17.5 Å². The van der Waals surface area contributed by atoms with Gasteiger partial charge in [-0.25, -0.2) is 9.67 Å². The zero-order valence-corrected chi connectivity index (χ0v) is 15.5. The van der Waals surface area contributed by atoms with Gasteiger partial charge in [-0.2, -0.15) is 18.3 Å². The molecule has 2 aromatic heterocycles. The summed E-state index contributed by atoms with van der Waals surface area (Å²) in [6.45, 7) is 1.85. The molecular formula is C19H19F3N4O3. The molecule has 1 aliphatic rings. The molecule has 1 fully saturated rings. The zero-order chi connectivity index (χ0) is 20.8. The molecule has 10 heteroatoms. The number of ether oxygens (including phenoxy) is 1. The summed E-state index contributed by atoms with van der Waals surface area (Å²) in [5.41, 5.74) is -0.199. The molecule has 7 nitrogen and oxygen atoms in total. The van der Waals surface area contributed by atoms with Crippen molar-refractivity contribution in [3.8, 4) is 0 Å². The average Bonchev–Trinajstić information content (AvgIpc) is 3.35. The van der Waals surface area contributed by atoms with Crippen molar-refractivity contribution in [2.24, 2.45) is 0 Å². The van der Waals surface area contributed by atoms with E-state index in [1.54, 1.807) is 6.92 Å². The van der Waals surface area contributed by atoms with Crippen LogP contribution in [0.5, 0.6) is 0 Å². The molecule has 0 radical (unpaired) electrons. The molecule has 3 heterocycles. The number of nitrogens with one attached hydrogen (secondary N) is 1. The number of aromatic amines is 1. The van der Waals surface area contributed by atoms with Crippen LogP contribution in [0.15, 0.2) is 29.1 Å². The topological polar surface area (TPSA) is 93.0 Å². The summed E-state index contributed by atoms with van der Waals surface area (Å²) in [7, 11) is 0. The minimum atomic E-state index is -4.42. The fourth-order valence-corrected chi connectivity index (χ4v) is 3.55. The Labute approximate surface area is 163 Å². The third-order valence-corrected chi connectivity index (χ3v) is 5.12. The Hall–Kier alpha value is -2.72. The van der Waals surface area contributed by atoms with Crippen LogP contribution < -0.4 is 5.56 Å². The van der Waals surface area contributed by atoms with Gasteiger partial charge in [-0.15, -0.1) is 0 Å². The SMILES string of the molecule is C[C@@H](c1ccc(C(F)(F)F)cc1)n1nc(CO)c2c(=O)[nH]c([C@@H]3CCCO3)nc21. The van der Waals surface area contributed by atoms with Crippen LogP contribution in [0.2, 0.25) is 0 Å². The first kappa shape index (κ1) is 19.6. The fraction of sp³-hybridized carbons (Fsp3) is 0.421. The van der Waals surface area contributed by atoms with Gasteiger partial charge in [0.05, 0.1) is 18.2 Å². The number of hydrogen-bond acceptors (Lipinski definition) is 5. The number of aliphatic hydroxyl groups excluding tert-OH is 1. The smallest absolute Gasteiger partial charge is 0.390 e. The summed E-state index contributed by atoms with van der Waals surface area (Å²) < 4.78 is 45.5. The molecule has 1 aromatic carbocycles. The van der Waals surface area contributed by atoms with E-state index in [0.29, 0.717) is 18.0 Å². The first-order valence-electron chi connectivity index (χ1n) is 9.20. The van der Waals surface area contributed by atoms with E-state index in [0.717, 1.165) is 25.0 Å². The maximum absolute atomic E-state index is 12.8. The van der Waals surface area contributed by atoms with Gasteiger partial charge in [0.25, 0.3) is 5.56 Å². The number of aliphatic hydroxyl groups is 1. The van der Waals surface area contributed by atoms with Crippen LogP contribution in [-0.4, -0.2) is 31.5 Å². The second-order valence-electron chi connectivity index (χ2n) is 7.00. The van der Waals surface area contributed by atoms with E-state index in [4.69, 9.17) is 4.74 Å². The Balaban J connectivity index is 1.80. The molecule has 0 amide bonds. The van der Waals surface area contributed by atoms with Crippen molar-refractivity contribution in [3.63, 3.8) is 0 Å². The molecule has 0 bridgehead atoms. The highest BCUT2D eigenvalue weighted by atomic mass is 19.4. The summed E-state index contributed by atoms with van der Waals surface area (Å²) in [4.78, 5) is 19.8. The Morgan fingerprint density at radius 3 is 2.66 bits per heavy atom. The number of aromatic nitrogens is 4. The summed E-state index contributed by atoms with van der Waals surface area (Å²) in [5, 5.41) is 14.1. The van der Waals surface area contributed by atoms with Gasteiger partial charge in [-0.3, -0.25) is 4.79 Å². The van der Waals surface area contributed by atoms with E-state index in [-0.39, 0.29) is 22.8 Å². The molecule has 1 saturated heterocycles. The van der Waals surface area contributed by atoms with Crippen molar-refractivity contribution >= 4 is 11.0 Å². The highest BCUT2D eigenvalue weighted by Crippen LogP contribution is 2.31. The average molecular weight is 408 g/mol. The molecule has 0 aliphatic carbocycles. The minimum absolute atomic E-state index is 0.159. The van der Waals surface area contributed by atoms with Crippen molar-refractivity contribution < 1.29 is 23.0 Å². The molecule has 0 saturated carbocycles. The number of benzene rings is 1. The molecule has 1 aliphatic heterocycles. The second kappa shape index (κ2) is 7.27. The summed E-state index contributed by atoms with van der Waals surface area (Å²) in [6.07, 6.45) is -3.16. The van der Waals surface area contributed by atoms with Crippen molar-refractivity contribution in [1.29, 1.82) is 0 Å². The van der Waals surface area contributed by atoms with Gasteiger partial charge < -0.3 is 14.8 Å². The molecule has 2 atom stereocenters. The molecule has 154 valence electrons. The van der Waals surface area contributed by atoms with E-state index < -0.39 is 29.9 Å². The normalized spacial score (nSPS) is 18.4. The lowest BCUT2D eigenvalue weighted by Gasteiger charge is -2.15. The number of H-pyrrole nitrogens is 1. The number of alkyl halides is 3. The predicted molar refractivity (Wildman–Crippen MR) is 97.3 cm³/mol. The van der Waals surface area contributed by atoms with Gasteiger partial charge in [-0.1, -0.05) is 12.1 Å². The van der Waals surface area contributed by atoms with Crippen LogP contribution >= 0.6 is 0 Å². The van der Waals surface area contributed by atoms with Gasteiger partial charge in [0, 0.05) is 6.61 Å². The largest absolute Gasteiger partial charge is 0.416 e. The van der Waals surface area contributed by atoms with Gasteiger partial charge in [0.15, 0.2) is 5.65 Å². The number of hydrogen-bond donors (Lipinski definition) is 2. The second-order valence-corrected chi connectivity index (χ2v) is 7.00. The zero-order valence-electron chi connectivity index (χ0n) is 15.5. The minimum Gasteiger partial charge on any atom is -0.390 e. The summed E-state index contributed by atoms with van der Waals surface area (Å²) in [5.74, 6) is 0.380. The Morgan fingerprint density at radius 1 is 1.34 bits per heavy atom. The lowest BCUT2D eigenvalue weighted by molar-refractivity contribution is -0.137. The number of nitrogens with zero attached hydrogens (tertiary/aromatic N) is 3. The molecule has 3 aromatic rings. The van der Waals surface area contributed by atoms with Crippen molar-refractivity contribution in [3.05, 3.63) is 57.3 Å². The van der Waals surface area contributed by atoms with E-state index in [2.05, 4.69) is 15.1 Å². The fourth-order valence-electron chi connectivity index (χ4n) is 3.55. The van der Waals surface area contributed by atoms with E-state index in [1.807, 2.05) is 0 Å². The molecule has 2 N–H and O–H groups in total. The molecule has 29 heavy (non-hydrogen) atoms.